The molecule has 0 radical (unpaired) electrons. The van der Waals surface area contributed by atoms with Crippen molar-refractivity contribution in [3.05, 3.63) is 11.6 Å². The highest BCUT2D eigenvalue weighted by atomic mass is 15.3. The lowest BCUT2D eigenvalue weighted by atomic mass is 10.1. The predicted octanol–water partition coefficient (Wildman–Crippen LogP) is 1.77. The maximum atomic E-state index is 4.77. The van der Waals surface area contributed by atoms with Crippen LogP contribution in [0.3, 0.4) is 0 Å². The molecule has 4 nitrogen and oxygen atoms in total. The molecule has 2 aliphatic rings. The summed E-state index contributed by atoms with van der Waals surface area (Å²) >= 11 is 0. The van der Waals surface area contributed by atoms with Crippen LogP contribution < -0.4 is 5.32 Å². The number of aryl methyl sites for hydroxylation is 1. The van der Waals surface area contributed by atoms with E-state index in [-0.39, 0.29) is 0 Å². The standard InChI is InChI=1S/C13H22N4/c1-17-12(9-11-7-4-8-14-11)15-13(16-17)10-5-2-3-6-10/h10-11,14H,2-9H2,1H3. The van der Waals surface area contributed by atoms with Gasteiger partial charge in [-0.25, -0.2) is 4.98 Å². The van der Waals surface area contributed by atoms with Crippen LogP contribution in [0.2, 0.25) is 0 Å². The summed E-state index contributed by atoms with van der Waals surface area (Å²) in [6.45, 7) is 1.16. The molecule has 1 aliphatic carbocycles. The van der Waals surface area contributed by atoms with E-state index in [9.17, 15) is 0 Å². The van der Waals surface area contributed by atoms with Crippen molar-refractivity contribution in [2.45, 2.75) is 56.9 Å². The lowest BCUT2D eigenvalue weighted by Gasteiger charge is -2.08. The molecule has 1 aliphatic heterocycles. The van der Waals surface area contributed by atoms with Gasteiger partial charge in [-0.15, -0.1) is 0 Å². The molecule has 1 unspecified atom stereocenters. The van der Waals surface area contributed by atoms with Crippen LogP contribution >= 0.6 is 0 Å². The fourth-order valence-electron chi connectivity index (χ4n) is 3.12. The first kappa shape index (κ1) is 11.2. The average molecular weight is 234 g/mol. The topological polar surface area (TPSA) is 42.7 Å². The molecule has 0 spiro atoms. The normalized spacial score (nSPS) is 25.8. The molecule has 1 saturated heterocycles. The molecule has 1 N–H and O–H groups in total. The largest absolute Gasteiger partial charge is 0.314 e. The molecule has 1 aromatic heterocycles. The smallest absolute Gasteiger partial charge is 0.154 e. The third kappa shape index (κ3) is 2.37. The Morgan fingerprint density at radius 2 is 2.06 bits per heavy atom. The van der Waals surface area contributed by atoms with E-state index in [4.69, 9.17) is 4.98 Å². The zero-order valence-electron chi connectivity index (χ0n) is 10.7. The zero-order chi connectivity index (χ0) is 11.7. The minimum Gasteiger partial charge on any atom is -0.314 e. The van der Waals surface area contributed by atoms with E-state index in [0.29, 0.717) is 12.0 Å². The summed E-state index contributed by atoms with van der Waals surface area (Å²) < 4.78 is 1.99. The van der Waals surface area contributed by atoms with Gasteiger partial charge in [0.15, 0.2) is 5.82 Å². The molecule has 2 heterocycles. The van der Waals surface area contributed by atoms with Gasteiger partial charge in [0.25, 0.3) is 0 Å². The Bertz CT molecular complexity index is 373. The molecule has 4 heteroatoms. The quantitative estimate of drug-likeness (QED) is 0.866. The van der Waals surface area contributed by atoms with E-state index in [1.54, 1.807) is 0 Å². The van der Waals surface area contributed by atoms with E-state index in [0.717, 1.165) is 24.6 Å². The zero-order valence-corrected chi connectivity index (χ0v) is 10.7. The molecule has 0 aromatic carbocycles. The Morgan fingerprint density at radius 3 is 2.76 bits per heavy atom. The molecule has 1 saturated carbocycles. The molecular formula is C13H22N4. The molecule has 1 aromatic rings. The van der Waals surface area contributed by atoms with Gasteiger partial charge in [-0.2, -0.15) is 5.10 Å². The van der Waals surface area contributed by atoms with Gasteiger partial charge >= 0.3 is 0 Å². The van der Waals surface area contributed by atoms with E-state index in [1.807, 2.05) is 11.7 Å². The Hall–Kier alpha value is -0.900. The van der Waals surface area contributed by atoms with Crippen LogP contribution in [-0.4, -0.2) is 27.4 Å². The van der Waals surface area contributed by atoms with Crippen molar-refractivity contribution in [2.24, 2.45) is 7.05 Å². The Labute approximate surface area is 103 Å². The third-order valence-electron chi connectivity index (χ3n) is 4.18. The van der Waals surface area contributed by atoms with Gasteiger partial charge in [0.05, 0.1) is 0 Å². The lowest BCUT2D eigenvalue weighted by molar-refractivity contribution is 0.561. The van der Waals surface area contributed by atoms with Crippen LogP contribution in [0.15, 0.2) is 0 Å². The highest BCUT2D eigenvalue weighted by molar-refractivity contribution is 5.03. The summed E-state index contributed by atoms with van der Waals surface area (Å²) in [5.41, 5.74) is 0. The van der Waals surface area contributed by atoms with Crippen molar-refractivity contribution >= 4 is 0 Å². The van der Waals surface area contributed by atoms with Crippen LogP contribution in [0.4, 0.5) is 0 Å². The first-order chi connectivity index (χ1) is 8.33. The highest BCUT2D eigenvalue weighted by Gasteiger charge is 2.23. The molecule has 2 fully saturated rings. The van der Waals surface area contributed by atoms with E-state index in [2.05, 4.69) is 10.4 Å². The van der Waals surface area contributed by atoms with E-state index >= 15 is 0 Å². The van der Waals surface area contributed by atoms with Crippen LogP contribution in [0.25, 0.3) is 0 Å². The van der Waals surface area contributed by atoms with Crippen LogP contribution in [-0.2, 0) is 13.5 Å². The Balaban J connectivity index is 1.71. The van der Waals surface area contributed by atoms with Crippen molar-refractivity contribution in [1.29, 1.82) is 0 Å². The maximum absolute atomic E-state index is 4.77. The summed E-state index contributed by atoms with van der Waals surface area (Å²) in [6.07, 6.45) is 8.89. The lowest BCUT2D eigenvalue weighted by Crippen LogP contribution is -2.25. The average Bonchev–Trinajstić information content (AvgIpc) is 3.02. The van der Waals surface area contributed by atoms with Gasteiger partial charge < -0.3 is 5.32 Å². The van der Waals surface area contributed by atoms with Gasteiger partial charge in [-0.1, -0.05) is 12.8 Å². The van der Waals surface area contributed by atoms with Gasteiger partial charge in [-0.05, 0) is 32.2 Å². The van der Waals surface area contributed by atoms with Gasteiger partial charge in [0.1, 0.15) is 5.82 Å². The summed E-state index contributed by atoms with van der Waals surface area (Å²) in [5.74, 6) is 2.88. The first-order valence-electron chi connectivity index (χ1n) is 6.96. The van der Waals surface area contributed by atoms with Gasteiger partial charge in [0, 0.05) is 25.4 Å². The third-order valence-corrected chi connectivity index (χ3v) is 4.18. The number of hydrogen-bond acceptors (Lipinski definition) is 3. The first-order valence-corrected chi connectivity index (χ1v) is 6.96. The van der Waals surface area contributed by atoms with Gasteiger partial charge in [0.2, 0.25) is 0 Å². The number of hydrogen-bond donors (Lipinski definition) is 1. The minimum absolute atomic E-state index is 0.620. The maximum Gasteiger partial charge on any atom is 0.154 e. The summed E-state index contributed by atoms with van der Waals surface area (Å²) in [7, 11) is 2.04. The summed E-state index contributed by atoms with van der Waals surface area (Å²) in [4.78, 5) is 4.77. The molecule has 3 rings (SSSR count). The van der Waals surface area contributed by atoms with Crippen molar-refractivity contribution in [3.63, 3.8) is 0 Å². The molecule has 17 heavy (non-hydrogen) atoms. The van der Waals surface area contributed by atoms with Crippen LogP contribution in [0.1, 0.15) is 56.1 Å². The fourth-order valence-corrected chi connectivity index (χ4v) is 3.12. The Morgan fingerprint density at radius 1 is 1.24 bits per heavy atom. The van der Waals surface area contributed by atoms with E-state index in [1.165, 1.54) is 38.5 Å². The molecular weight excluding hydrogens is 212 g/mol. The summed E-state index contributed by atoms with van der Waals surface area (Å²) in [5, 5.41) is 8.14. The van der Waals surface area contributed by atoms with Crippen molar-refractivity contribution in [3.8, 4) is 0 Å². The molecule has 0 amide bonds. The number of nitrogens with zero attached hydrogens (tertiary/aromatic N) is 3. The Kier molecular flexibility index (Phi) is 3.14. The van der Waals surface area contributed by atoms with Crippen molar-refractivity contribution in [1.82, 2.24) is 20.1 Å². The number of aromatic nitrogens is 3. The van der Waals surface area contributed by atoms with Crippen molar-refractivity contribution in [2.75, 3.05) is 6.54 Å². The monoisotopic (exact) mass is 234 g/mol. The highest BCUT2D eigenvalue weighted by Crippen LogP contribution is 2.32. The molecule has 94 valence electrons. The second-order valence-corrected chi connectivity index (χ2v) is 5.49. The van der Waals surface area contributed by atoms with Crippen LogP contribution in [0, 0.1) is 0 Å². The van der Waals surface area contributed by atoms with Gasteiger partial charge in [-0.3, -0.25) is 4.68 Å². The SMILES string of the molecule is Cn1nc(C2CCCC2)nc1CC1CCCN1. The minimum atomic E-state index is 0.620. The predicted molar refractivity (Wildman–Crippen MR) is 66.9 cm³/mol. The number of nitrogens with one attached hydrogen (secondary N) is 1. The van der Waals surface area contributed by atoms with E-state index < -0.39 is 0 Å². The summed E-state index contributed by atoms with van der Waals surface area (Å²) in [6, 6.07) is 0.620. The molecule has 0 bridgehead atoms. The number of rotatable bonds is 3. The second-order valence-electron chi connectivity index (χ2n) is 5.49. The second kappa shape index (κ2) is 4.77. The fraction of sp³-hybridized carbons (Fsp3) is 0.846. The van der Waals surface area contributed by atoms with Crippen LogP contribution in [0.5, 0.6) is 0 Å². The molecule has 1 atom stereocenters. The van der Waals surface area contributed by atoms with Crippen molar-refractivity contribution < 1.29 is 0 Å².